The summed E-state index contributed by atoms with van der Waals surface area (Å²) >= 11 is 5.88. The van der Waals surface area contributed by atoms with Gasteiger partial charge in [0.25, 0.3) is 0 Å². The largest absolute Gasteiger partial charge is 0.424 e. The van der Waals surface area contributed by atoms with Crippen LogP contribution in [-0.2, 0) is 6.42 Å². The number of aryl methyl sites for hydroxylation is 1. The van der Waals surface area contributed by atoms with Gasteiger partial charge < -0.3 is 10.1 Å². The van der Waals surface area contributed by atoms with Crippen LogP contribution in [0.15, 0.2) is 24.3 Å². The molecular weight excluding hydrogens is 288 g/mol. The summed E-state index contributed by atoms with van der Waals surface area (Å²) in [7, 11) is 0. The summed E-state index contributed by atoms with van der Waals surface area (Å²) in [6.07, 6.45) is 3.15. The number of halogens is 1. The summed E-state index contributed by atoms with van der Waals surface area (Å²) < 4.78 is 5.63. The van der Waals surface area contributed by atoms with Crippen LogP contribution < -0.4 is 10.1 Å². The van der Waals surface area contributed by atoms with E-state index >= 15 is 0 Å². The molecule has 0 bridgehead atoms. The third-order valence-corrected chi connectivity index (χ3v) is 2.96. The highest BCUT2D eigenvalue weighted by Crippen LogP contribution is 2.20. The Balaban J connectivity index is 2.09. The summed E-state index contributed by atoms with van der Waals surface area (Å²) in [6.45, 7) is 4.98. The van der Waals surface area contributed by atoms with Gasteiger partial charge in [-0.1, -0.05) is 32.4 Å². The molecule has 0 spiro atoms. The molecule has 112 valence electrons. The quantitative estimate of drug-likeness (QED) is 0.834. The van der Waals surface area contributed by atoms with Gasteiger partial charge in [-0.25, -0.2) is 0 Å². The monoisotopic (exact) mass is 306 g/mol. The molecule has 0 aliphatic heterocycles. The number of hydrogen-bond acceptors (Lipinski definition) is 5. The molecule has 2 aromatic rings. The fraction of sp³-hybridized carbons (Fsp3) is 0.400. The molecule has 21 heavy (non-hydrogen) atoms. The lowest BCUT2D eigenvalue weighted by molar-refractivity contribution is 0.440. The van der Waals surface area contributed by atoms with Crippen LogP contribution >= 0.6 is 11.6 Å². The van der Waals surface area contributed by atoms with Gasteiger partial charge in [-0.3, -0.25) is 0 Å². The average molecular weight is 307 g/mol. The Labute approximate surface area is 129 Å². The summed E-state index contributed by atoms with van der Waals surface area (Å²) in [5.74, 6) is 1.10. The minimum Gasteiger partial charge on any atom is -0.424 e. The van der Waals surface area contributed by atoms with Crippen LogP contribution in [0.3, 0.4) is 0 Å². The maximum absolute atomic E-state index is 5.88. The molecule has 6 heteroatoms. The number of aromatic nitrogens is 3. The molecule has 1 aromatic carbocycles. The fourth-order valence-corrected chi connectivity index (χ4v) is 1.96. The first kappa shape index (κ1) is 15.5. The summed E-state index contributed by atoms with van der Waals surface area (Å²) in [5.41, 5.74) is 1.28. The Bertz CT molecular complexity index is 574. The number of rotatable bonds is 7. The van der Waals surface area contributed by atoms with Gasteiger partial charge in [0.1, 0.15) is 5.75 Å². The molecule has 0 aliphatic rings. The van der Waals surface area contributed by atoms with Gasteiger partial charge in [0, 0.05) is 6.54 Å². The van der Waals surface area contributed by atoms with E-state index in [-0.39, 0.29) is 11.3 Å². The highest BCUT2D eigenvalue weighted by atomic mass is 35.5. The number of ether oxygens (including phenoxy) is 1. The Kier molecular flexibility index (Phi) is 5.75. The van der Waals surface area contributed by atoms with Crippen LogP contribution in [0.4, 0.5) is 5.95 Å². The van der Waals surface area contributed by atoms with Crippen molar-refractivity contribution >= 4 is 17.5 Å². The first-order chi connectivity index (χ1) is 10.2. The Morgan fingerprint density at radius 2 is 1.81 bits per heavy atom. The van der Waals surface area contributed by atoms with Crippen molar-refractivity contribution in [2.75, 3.05) is 11.9 Å². The molecule has 1 N–H and O–H groups in total. The van der Waals surface area contributed by atoms with Crippen LogP contribution in [0.25, 0.3) is 0 Å². The third-order valence-electron chi connectivity index (χ3n) is 2.79. The van der Waals surface area contributed by atoms with Gasteiger partial charge in [-0.2, -0.15) is 15.0 Å². The molecule has 0 aliphatic carbocycles. The van der Waals surface area contributed by atoms with Gasteiger partial charge >= 0.3 is 6.01 Å². The molecule has 1 heterocycles. The van der Waals surface area contributed by atoms with Crippen LogP contribution in [0.1, 0.15) is 32.3 Å². The van der Waals surface area contributed by atoms with Gasteiger partial charge in [0.15, 0.2) is 0 Å². The second-order valence-corrected chi connectivity index (χ2v) is 4.97. The van der Waals surface area contributed by atoms with Gasteiger partial charge in [0.05, 0.1) is 0 Å². The van der Waals surface area contributed by atoms with Crippen molar-refractivity contribution in [3.63, 3.8) is 0 Å². The molecule has 0 amide bonds. The van der Waals surface area contributed by atoms with Gasteiger partial charge in [-0.15, -0.1) is 0 Å². The van der Waals surface area contributed by atoms with E-state index in [1.54, 1.807) is 0 Å². The van der Waals surface area contributed by atoms with Crippen molar-refractivity contribution in [2.45, 2.75) is 33.1 Å². The Morgan fingerprint density at radius 1 is 1.05 bits per heavy atom. The lowest BCUT2D eigenvalue weighted by Crippen LogP contribution is -2.06. The van der Waals surface area contributed by atoms with E-state index in [4.69, 9.17) is 16.3 Å². The second-order valence-electron chi connectivity index (χ2n) is 4.63. The first-order valence-corrected chi connectivity index (χ1v) is 7.51. The van der Waals surface area contributed by atoms with E-state index in [0.717, 1.165) is 25.8 Å². The minimum absolute atomic E-state index is 0.112. The SMILES string of the molecule is CCCNc1nc(Cl)nc(Oc2ccc(CCC)cc2)n1. The molecule has 2 rings (SSSR count). The van der Waals surface area contributed by atoms with Crippen LogP contribution in [0, 0.1) is 0 Å². The van der Waals surface area contributed by atoms with Crippen LogP contribution in [-0.4, -0.2) is 21.5 Å². The van der Waals surface area contributed by atoms with Crippen molar-refractivity contribution in [1.29, 1.82) is 0 Å². The number of nitrogens with one attached hydrogen (secondary N) is 1. The Hall–Kier alpha value is -1.88. The van der Waals surface area contributed by atoms with Crippen LogP contribution in [0.5, 0.6) is 11.8 Å². The smallest absolute Gasteiger partial charge is 0.328 e. The predicted molar refractivity (Wildman–Crippen MR) is 84.1 cm³/mol. The zero-order chi connectivity index (χ0) is 15.1. The third kappa shape index (κ3) is 4.86. The standard InChI is InChI=1S/C15H19ClN4O/c1-3-5-11-6-8-12(9-7-11)21-15-19-13(16)18-14(20-15)17-10-4-2/h6-9H,3-5,10H2,1-2H3,(H,17,18,19,20). The van der Waals surface area contributed by atoms with Crippen molar-refractivity contribution in [3.8, 4) is 11.8 Å². The molecule has 5 nitrogen and oxygen atoms in total. The Morgan fingerprint density at radius 3 is 2.48 bits per heavy atom. The van der Waals surface area contributed by atoms with Crippen molar-refractivity contribution in [1.82, 2.24) is 15.0 Å². The summed E-state index contributed by atoms with van der Waals surface area (Å²) in [5, 5.41) is 3.17. The second kappa shape index (κ2) is 7.78. The van der Waals surface area contributed by atoms with Gasteiger partial charge in [-0.05, 0) is 42.1 Å². The van der Waals surface area contributed by atoms with E-state index in [1.165, 1.54) is 5.56 Å². The highest BCUT2D eigenvalue weighted by Gasteiger charge is 2.07. The zero-order valence-electron chi connectivity index (χ0n) is 12.3. The number of hydrogen-bond donors (Lipinski definition) is 1. The molecular formula is C15H19ClN4O. The van der Waals surface area contributed by atoms with Crippen molar-refractivity contribution in [3.05, 3.63) is 35.1 Å². The van der Waals surface area contributed by atoms with E-state index in [1.807, 2.05) is 24.3 Å². The number of nitrogens with zero attached hydrogens (tertiary/aromatic N) is 3. The molecule has 1 aromatic heterocycles. The maximum atomic E-state index is 5.88. The van der Waals surface area contributed by atoms with Crippen molar-refractivity contribution < 1.29 is 4.74 Å². The lowest BCUT2D eigenvalue weighted by atomic mass is 10.1. The molecule has 0 saturated carbocycles. The van der Waals surface area contributed by atoms with E-state index in [9.17, 15) is 0 Å². The van der Waals surface area contributed by atoms with E-state index in [2.05, 4.69) is 34.1 Å². The normalized spacial score (nSPS) is 10.4. The summed E-state index contributed by atoms with van der Waals surface area (Å²) in [4.78, 5) is 12.2. The van der Waals surface area contributed by atoms with E-state index < -0.39 is 0 Å². The maximum Gasteiger partial charge on any atom is 0.328 e. The molecule has 0 saturated heterocycles. The van der Waals surface area contributed by atoms with Crippen LogP contribution in [0.2, 0.25) is 5.28 Å². The first-order valence-electron chi connectivity index (χ1n) is 7.13. The molecule has 0 fully saturated rings. The zero-order valence-corrected chi connectivity index (χ0v) is 13.0. The van der Waals surface area contributed by atoms with Gasteiger partial charge in [0.2, 0.25) is 11.2 Å². The lowest BCUT2D eigenvalue weighted by Gasteiger charge is -2.07. The predicted octanol–water partition coefficient (Wildman–Crippen LogP) is 4.09. The number of anilines is 1. The fourth-order valence-electron chi connectivity index (χ4n) is 1.81. The molecule has 0 atom stereocenters. The minimum atomic E-state index is 0.112. The topological polar surface area (TPSA) is 59.9 Å². The highest BCUT2D eigenvalue weighted by molar-refractivity contribution is 6.28. The number of benzene rings is 1. The average Bonchev–Trinajstić information content (AvgIpc) is 2.47. The molecule has 0 unspecified atom stereocenters. The van der Waals surface area contributed by atoms with Crippen molar-refractivity contribution in [2.24, 2.45) is 0 Å². The van der Waals surface area contributed by atoms with E-state index in [0.29, 0.717) is 11.7 Å². The molecule has 0 radical (unpaired) electrons. The summed E-state index contributed by atoms with van der Waals surface area (Å²) in [6, 6.07) is 8.08.